The van der Waals surface area contributed by atoms with Crippen molar-refractivity contribution >= 4 is 11.8 Å². The first-order chi connectivity index (χ1) is 8.65. The molecule has 18 heavy (non-hydrogen) atoms. The van der Waals surface area contributed by atoms with Crippen LogP contribution < -0.4 is 5.32 Å². The Balaban J connectivity index is 1.96. The molecular formula is C14H28N2OS. The van der Waals surface area contributed by atoms with Crippen LogP contribution in [0.25, 0.3) is 0 Å². The Morgan fingerprint density at radius 2 is 2.33 bits per heavy atom. The first-order valence-electron chi connectivity index (χ1n) is 7.25. The molecule has 0 amide bonds. The number of ether oxygens (including phenoxy) is 1. The zero-order valence-electron chi connectivity index (χ0n) is 12.1. The minimum Gasteiger partial charge on any atom is -0.374 e. The summed E-state index contributed by atoms with van der Waals surface area (Å²) in [4.78, 5) is 2.30. The summed E-state index contributed by atoms with van der Waals surface area (Å²) in [6.45, 7) is 5.38. The van der Waals surface area contributed by atoms with E-state index in [1.165, 1.54) is 30.8 Å². The molecule has 4 heteroatoms. The molecule has 2 rings (SSSR count). The predicted octanol–water partition coefficient (Wildman–Crippen LogP) is 1.83. The SMILES string of the molecule is CCNC(CN(C)C)C1CCOC2(CCSC2)C1. The van der Waals surface area contributed by atoms with Gasteiger partial charge in [0.05, 0.1) is 5.60 Å². The molecule has 2 heterocycles. The third-order valence-corrected chi connectivity index (χ3v) is 5.42. The second-order valence-corrected chi connectivity index (χ2v) is 7.12. The quantitative estimate of drug-likeness (QED) is 0.825. The zero-order chi connectivity index (χ0) is 13.0. The Morgan fingerprint density at radius 1 is 1.50 bits per heavy atom. The van der Waals surface area contributed by atoms with Gasteiger partial charge in [0, 0.05) is 24.9 Å². The summed E-state index contributed by atoms with van der Waals surface area (Å²) in [5.74, 6) is 3.27. The summed E-state index contributed by atoms with van der Waals surface area (Å²) >= 11 is 2.06. The van der Waals surface area contributed by atoms with Crippen LogP contribution in [0.15, 0.2) is 0 Å². The molecule has 106 valence electrons. The van der Waals surface area contributed by atoms with Crippen molar-refractivity contribution in [3.05, 3.63) is 0 Å². The van der Waals surface area contributed by atoms with Crippen molar-refractivity contribution in [3.63, 3.8) is 0 Å². The maximum Gasteiger partial charge on any atom is 0.0783 e. The van der Waals surface area contributed by atoms with E-state index < -0.39 is 0 Å². The second-order valence-electron chi connectivity index (χ2n) is 6.01. The van der Waals surface area contributed by atoms with Gasteiger partial charge >= 0.3 is 0 Å². The van der Waals surface area contributed by atoms with E-state index in [1.807, 2.05) is 0 Å². The van der Waals surface area contributed by atoms with Crippen LogP contribution in [-0.2, 0) is 4.74 Å². The van der Waals surface area contributed by atoms with Gasteiger partial charge in [-0.25, -0.2) is 0 Å². The van der Waals surface area contributed by atoms with Gasteiger partial charge in [-0.2, -0.15) is 11.8 Å². The lowest BCUT2D eigenvalue weighted by Crippen LogP contribution is -2.50. The normalized spacial score (nSPS) is 34.3. The highest BCUT2D eigenvalue weighted by Gasteiger charge is 2.42. The van der Waals surface area contributed by atoms with Crippen molar-refractivity contribution in [1.82, 2.24) is 10.2 Å². The van der Waals surface area contributed by atoms with E-state index in [2.05, 4.69) is 43.0 Å². The molecule has 3 atom stereocenters. The molecule has 0 aromatic carbocycles. The molecule has 0 aliphatic carbocycles. The Kier molecular flexibility index (Phi) is 5.36. The molecular weight excluding hydrogens is 244 g/mol. The van der Waals surface area contributed by atoms with E-state index >= 15 is 0 Å². The summed E-state index contributed by atoms with van der Waals surface area (Å²) in [5, 5.41) is 3.69. The number of hydrogen-bond donors (Lipinski definition) is 1. The van der Waals surface area contributed by atoms with Crippen molar-refractivity contribution in [2.75, 3.05) is 45.3 Å². The van der Waals surface area contributed by atoms with Crippen LogP contribution in [0.5, 0.6) is 0 Å². The average molecular weight is 272 g/mol. The van der Waals surface area contributed by atoms with E-state index in [1.54, 1.807) is 0 Å². The Labute approximate surface area is 116 Å². The van der Waals surface area contributed by atoms with Gasteiger partial charge in [-0.05, 0) is 51.6 Å². The van der Waals surface area contributed by atoms with E-state index in [0.29, 0.717) is 6.04 Å². The highest BCUT2D eigenvalue weighted by Crippen LogP contribution is 2.41. The van der Waals surface area contributed by atoms with Gasteiger partial charge in [-0.15, -0.1) is 0 Å². The fourth-order valence-electron chi connectivity index (χ4n) is 3.31. The maximum atomic E-state index is 6.13. The van der Waals surface area contributed by atoms with Crippen LogP contribution in [0.2, 0.25) is 0 Å². The Hall–Kier alpha value is 0.230. The standard InChI is InChI=1S/C14H28N2OS/c1-4-15-13(10-16(2)3)12-5-7-17-14(9-12)6-8-18-11-14/h12-13,15H,4-11H2,1-3H3. The first kappa shape index (κ1) is 14.6. The largest absolute Gasteiger partial charge is 0.374 e. The monoisotopic (exact) mass is 272 g/mol. The molecule has 1 spiro atoms. The van der Waals surface area contributed by atoms with Gasteiger partial charge in [0.2, 0.25) is 0 Å². The molecule has 1 N–H and O–H groups in total. The number of nitrogens with zero attached hydrogens (tertiary/aromatic N) is 1. The lowest BCUT2D eigenvalue weighted by molar-refractivity contribution is -0.0859. The van der Waals surface area contributed by atoms with Gasteiger partial charge in [0.1, 0.15) is 0 Å². The highest BCUT2D eigenvalue weighted by molar-refractivity contribution is 7.99. The highest BCUT2D eigenvalue weighted by atomic mass is 32.2. The third kappa shape index (κ3) is 3.62. The zero-order valence-corrected chi connectivity index (χ0v) is 12.9. The van der Waals surface area contributed by atoms with Crippen LogP contribution in [0, 0.1) is 5.92 Å². The van der Waals surface area contributed by atoms with Crippen LogP contribution in [0.4, 0.5) is 0 Å². The van der Waals surface area contributed by atoms with Gasteiger partial charge in [-0.1, -0.05) is 6.92 Å². The van der Waals surface area contributed by atoms with Gasteiger partial charge in [0.25, 0.3) is 0 Å². The summed E-state index contributed by atoms with van der Waals surface area (Å²) in [7, 11) is 4.34. The predicted molar refractivity (Wildman–Crippen MR) is 79.4 cm³/mol. The van der Waals surface area contributed by atoms with Crippen molar-refractivity contribution < 1.29 is 4.74 Å². The van der Waals surface area contributed by atoms with Crippen LogP contribution >= 0.6 is 11.8 Å². The molecule has 3 nitrogen and oxygen atoms in total. The van der Waals surface area contributed by atoms with E-state index in [4.69, 9.17) is 4.74 Å². The molecule has 2 saturated heterocycles. The van der Waals surface area contributed by atoms with Crippen LogP contribution in [0.3, 0.4) is 0 Å². The average Bonchev–Trinajstić information content (AvgIpc) is 2.76. The molecule has 2 fully saturated rings. The van der Waals surface area contributed by atoms with Crippen molar-refractivity contribution in [3.8, 4) is 0 Å². The molecule has 0 aromatic heterocycles. The van der Waals surface area contributed by atoms with Gasteiger partial charge in [-0.3, -0.25) is 0 Å². The molecule has 3 unspecified atom stereocenters. The lowest BCUT2D eigenvalue weighted by atomic mass is 9.81. The molecule has 2 aliphatic heterocycles. The molecule has 0 aromatic rings. The fraction of sp³-hybridized carbons (Fsp3) is 1.00. The van der Waals surface area contributed by atoms with Crippen molar-refractivity contribution in [2.45, 2.75) is 37.8 Å². The summed E-state index contributed by atoms with van der Waals surface area (Å²) in [6.07, 6.45) is 3.73. The topological polar surface area (TPSA) is 24.5 Å². The molecule has 0 saturated carbocycles. The first-order valence-corrected chi connectivity index (χ1v) is 8.40. The number of hydrogen-bond acceptors (Lipinski definition) is 4. The van der Waals surface area contributed by atoms with Crippen molar-refractivity contribution in [2.24, 2.45) is 5.92 Å². The molecule has 2 aliphatic rings. The number of thioether (sulfide) groups is 1. The summed E-state index contributed by atoms with van der Waals surface area (Å²) < 4.78 is 6.13. The van der Waals surface area contributed by atoms with E-state index in [-0.39, 0.29) is 5.60 Å². The molecule has 0 radical (unpaired) electrons. The minimum atomic E-state index is 0.216. The third-order valence-electron chi connectivity index (χ3n) is 4.20. The van der Waals surface area contributed by atoms with Gasteiger partial charge < -0.3 is 15.0 Å². The number of nitrogens with one attached hydrogen (secondary N) is 1. The fourth-order valence-corrected chi connectivity index (χ4v) is 4.69. The summed E-state index contributed by atoms with van der Waals surface area (Å²) in [5.41, 5.74) is 0.216. The van der Waals surface area contributed by atoms with E-state index in [9.17, 15) is 0 Å². The molecule has 0 bridgehead atoms. The number of rotatable bonds is 5. The Bertz CT molecular complexity index is 254. The minimum absolute atomic E-state index is 0.216. The van der Waals surface area contributed by atoms with Gasteiger partial charge in [0.15, 0.2) is 0 Å². The smallest absolute Gasteiger partial charge is 0.0783 e. The van der Waals surface area contributed by atoms with Crippen molar-refractivity contribution in [1.29, 1.82) is 0 Å². The maximum absolute atomic E-state index is 6.13. The second kappa shape index (κ2) is 6.60. The summed E-state index contributed by atoms with van der Waals surface area (Å²) in [6, 6.07) is 0.622. The van der Waals surface area contributed by atoms with E-state index in [0.717, 1.165) is 25.6 Å². The Morgan fingerprint density at radius 3 is 2.94 bits per heavy atom. The van der Waals surface area contributed by atoms with Crippen LogP contribution in [-0.4, -0.2) is 61.8 Å². The van der Waals surface area contributed by atoms with Crippen LogP contribution in [0.1, 0.15) is 26.2 Å². The lowest BCUT2D eigenvalue weighted by Gasteiger charge is -2.41. The number of likely N-dealkylation sites (N-methyl/N-ethyl adjacent to an activating group) is 2.